The molecule has 0 amide bonds. The number of aromatic carboxylic acids is 3. The molecule has 0 radical (unpaired) electrons. The van der Waals surface area contributed by atoms with E-state index in [4.69, 9.17) is 10.2 Å². The highest BCUT2D eigenvalue weighted by Crippen LogP contribution is 2.30. The van der Waals surface area contributed by atoms with Crippen molar-refractivity contribution in [2.24, 2.45) is 0 Å². The molecule has 102 valence electrons. The van der Waals surface area contributed by atoms with Gasteiger partial charge < -0.3 is 15.3 Å². The number of carboxylic acid groups (broad SMARTS) is 3. The molecule has 0 unspecified atom stereocenters. The van der Waals surface area contributed by atoms with Gasteiger partial charge in [-0.25, -0.2) is 14.4 Å². The van der Waals surface area contributed by atoms with Crippen molar-refractivity contribution in [3.63, 3.8) is 0 Å². The van der Waals surface area contributed by atoms with E-state index in [1.807, 2.05) is 0 Å². The van der Waals surface area contributed by atoms with E-state index in [9.17, 15) is 19.5 Å². The molecule has 0 saturated heterocycles. The van der Waals surface area contributed by atoms with Crippen molar-refractivity contribution in [3.8, 4) is 0 Å². The van der Waals surface area contributed by atoms with E-state index in [-0.39, 0.29) is 5.56 Å². The summed E-state index contributed by atoms with van der Waals surface area (Å²) >= 11 is 0. The number of carboxylic acids is 3. The van der Waals surface area contributed by atoms with Crippen LogP contribution in [0.1, 0.15) is 57.4 Å². The van der Waals surface area contributed by atoms with Gasteiger partial charge in [0.15, 0.2) is 0 Å². The van der Waals surface area contributed by atoms with Crippen LogP contribution in [0.2, 0.25) is 0 Å². The summed E-state index contributed by atoms with van der Waals surface area (Å²) in [6.07, 6.45) is 0. The number of carbonyl (C=O) groups is 3. The van der Waals surface area contributed by atoms with Crippen LogP contribution in [0.25, 0.3) is 0 Å². The molecule has 6 nitrogen and oxygen atoms in total. The zero-order valence-corrected chi connectivity index (χ0v) is 10.7. The molecule has 0 spiro atoms. The molecule has 0 aliphatic heterocycles. The molecule has 19 heavy (non-hydrogen) atoms. The van der Waals surface area contributed by atoms with Gasteiger partial charge in [-0.3, -0.25) is 0 Å². The first-order valence-corrected chi connectivity index (χ1v) is 5.44. The van der Waals surface area contributed by atoms with E-state index in [1.54, 1.807) is 20.8 Å². The van der Waals surface area contributed by atoms with Gasteiger partial charge in [-0.05, 0) is 17.0 Å². The van der Waals surface area contributed by atoms with Crippen molar-refractivity contribution in [1.29, 1.82) is 0 Å². The number of hydrogen-bond donors (Lipinski definition) is 3. The molecule has 0 atom stereocenters. The molecular weight excluding hydrogens is 252 g/mol. The number of rotatable bonds is 3. The number of benzene rings is 1. The predicted octanol–water partition coefficient (Wildman–Crippen LogP) is 2.08. The molecule has 0 aromatic heterocycles. The molecule has 0 bridgehead atoms. The van der Waals surface area contributed by atoms with Crippen LogP contribution >= 0.6 is 0 Å². The summed E-state index contributed by atoms with van der Waals surface area (Å²) in [6, 6.07) is 2.47. The minimum absolute atomic E-state index is 0.280. The van der Waals surface area contributed by atoms with Gasteiger partial charge in [0.1, 0.15) is 0 Å². The molecule has 0 saturated carbocycles. The van der Waals surface area contributed by atoms with Gasteiger partial charge in [-0.1, -0.05) is 26.8 Å². The van der Waals surface area contributed by atoms with Crippen molar-refractivity contribution in [3.05, 3.63) is 34.4 Å². The maximum atomic E-state index is 11.3. The van der Waals surface area contributed by atoms with E-state index in [2.05, 4.69) is 0 Å². The van der Waals surface area contributed by atoms with E-state index in [0.717, 1.165) is 6.07 Å². The highest BCUT2D eigenvalue weighted by atomic mass is 16.4. The summed E-state index contributed by atoms with van der Waals surface area (Å²) in [5.74, 6) is -4.49. The highest BCUT2D eigenvalue weighted by Gasteiger charge is 2.30. The Balaban J connectivity index is 3.85. The molecule has 0 heterocycles. The quantitative estimate of drug-likeness (QED) is 0.772. The van der Waals surface area contributed by atoms with Crippen molar-refractivity contribution in [1.82, 2.24) is 0 Å². The van der Waals surface area contributed by atoms with Gasteiger partial charge in [0.25, 0.3) is 0 Å². The van der Waals surface area contributed by atoms with Gasteiger partial charge in [0.2, 0.25) is 0 Å². The lowest BCUT2D eigenvalue weighted by molar-refractivity contribution is 0.0631. The average molecular weight is 266 g/mol. The van der Waals surface area contributed by atoms with Crippen molar-refractivity contribution in [2.45, 2.75) is 26.2 Å². The molecule has 0 aliphatic rings. The van der Waals surface area contributed by atoms with Crippen LogP contribution in [0.15, 0.2) is 12.1 Å². The normalized spacial score (nSPS) is 11.1. The molecule has 6 heteroatoms. The minimum Gasteiger partial charge on any atom is -0.478 e. The Hall–Kier alpha value is -2.37. The zero-order valence-electron chi connectivity index (χ0n) is 10.7. The molecule has 1 aromatic rings. The highest BCUT2D eigenvalue weighted by molar-refractivity contribution is 6.10. The topological polar surface area (TPSA) is 112 Å². The second-order valence-electron chi connectivity index (χ2n) is 5.08. The standard InChI is InChI=1S/C13H14O6/c1-13(2,3)7-5-4-6(10(14)15)8(11(16)17)9(7)12(18)19/h4-5H,1-3H3,(H,14,15)(H,16,17)(H,18,19). The fraction of sp³-hybridized carbons (Fsp3) is 0.308. The third-order valence-corrected chi connectivity index (χ3v) is 2.67. The second kappa shape index (κ2) is 4.72. The maximum Gasteiger partial charge on any atom is 0.337 e. The third kappa shape index (κ3) is 2.73. The summed E-state index contributed by atoms with van der Waals surface area (Å²) in [5.41, 5.74) is -2.03. The number of hydrogen-bond acceptors (Lipinski definition) is 3. The van der Waals surface area contributed by atoms with E-state index in [1.165, 1.54) is 6.07 Å². The maximum absolute atomic E-state index is 11.3. The van der Waals surface area contributed by atoms with Gasteiger partial charge >= 0.3 is 17.9 Å². The largest absolute Gasteiger partial charge is 0.478 e. The molecule has 0 fully saturated rings. The first kappa shape index (κ1) is 14.7. The van der Waals surface area contributed by atoms with E-state index in [0.29, 0.717) is 0 Å². The Morgan fingerprint density at radius 1 is 0.842 bits per heavy atom. The Morgan fingerprint density at radius 3 is 1.63 bits per heavy atom. The van der Waals surface area contributed by atoms with Gasteiger partial charge in [0.05, 0.1) is 16.7 Å². The first-order valence-electron chi connectivity index (χ1n) is 5.44. The van der Waals surface area contributed by atoms with E-state index >= 15 is 0 Å². The fourth-order valence-corrected chi connectivity index (χ4v) is 1.85. The lowest BCUT2D eigenvalue weighted by Crippen LogP contribution is -2.23. The molecule has 0 aliphatic carbocycles. The van der Waals surface area contributed by atoms with Crippen LogP contribution in [-0.2, 0) is 5.41 Å². The minimum atomic E-state index is -1.57. The van der Waals surface area contributed by atoms with Crippen LogP contribution in [0.5, 0.6) is 0 Å². The zero-order chi connectivity index (χ0) is 15.0. The Kier molecular flexibility index (Phi) is 3.65. The van der Waals surface area contributed by atoms with Crippen LogP contribution in [0, 0.1) is 0 Å². The summed E-state index contributed by atoms with van der Waals surface area (Å²) in [5, 5.41) is 27.3. The Labute approximate surface area is 109 Å². The second-order valence-corrected chi connectivity index (χ2v) is 5.08. The van der Waals surface area contributed by atoms with Gasteiger partial charge in [-0.2, -0.15) is 0 Å². The summed E-state index contributed by atoms with van der Waals surface area (Å²) in [7, 11) is 0. The lowest BCUT2D eigenvalue weighted by atomic mass is 9.81. The first-order chi connectivity index (χ1) is 8.57. The van der Waals surface area contributed by atoms with Crippen LogP contribution in [-0.4, -0.2) is 33.2 Å². The summed E-state index contributed by atoms with van der Waals surface area (Å²) in [6.45, 7) is 5.17. The van der Waals surface area contributed by atoms with Crippen LogP contribution in [0.3, 0.4) is 0 Å². The Morgan fingerprint density at radius 2 is 1.32 bits per heavy atom. The fourth-order valence-electron chi connectivity index (χ4n) is 1.85. The molecule has 1 aromatic carbocycles. The van der Waals surface area contributed by atoms with Crippen LogP contribution in [0.4, 0.5) is 0 Å². The van der Waals surface area contributed by atoms with Gasteiger partial charge in [-0.15, -0.1) is 0 Å². The SMILES string of the molecule is CC(C)(C)c1ccc(C(=O)O)c(C(=O)O)c1C(=O)O. The van der Waals surface area contributed by atoms with Crippen molar-refractivity contribution in [2.75, 3.05) is 0 Å². The van der Waals surface area contributed by atoms with Gasteiger partial charge in [0, 0.05) is 0 Å². The third-order valence-electron chi connectivity index (χ3n) is 2.67. The summed E-state index contributed by atoms with van der Waals surface area (Å²) in [4.78, 5) is 33.5. The van der Waals surface area contributed by atoms with Crippen LogP contribution < -0.4 is 0 Å². The smallest absolute Gasteiger partial charge is 0.337 e. The monoisotopic (exact) mass is 266 g/mol. The lowest BCUT2D eigenvalue weighted by Gasteiger charge is -2.23. The summed E-state index contributed by atoms with van der Waals surface area (Å²) < 4.78 is 0. The molecule has 1 rings (SSSR count). The average Bonchev–Trinajstić information content (AvgIpc) is 2.25. The molecular formula is C13H14O6. The van der Waals surface area contributed by atoms with E-state index < -0.39 is 40.0 Å². The predicted molar refractivity (Wildman–Crippen MR) is 66.0 cm³/mol. The molecule has 3 N–H and O–H groups in total. The van der Waals surface area contributed by atoms with Crippen molar-refractivity contribution < 1.29 is 29.7 Å². The van der Waals surface area contributed by atoms with Crippen molar-refractivity contribution >= 4 is 17.9 Å². The Bertz CT molecular complexity index is 565.